The summed E-state index contributed by atoms with van der Waals surface area (Å²) in [6.07, 6.45) is 0.942. The van der Waals surface area contributed by atoms with Crippen molar-refractivity contribution in [2.75, 3.05) is 32.0 Å². The van der Waals surface area contributed by atoms with Gasteiger partial charge in [-0.2, -0.15) is 0 Å². The molecule has 0 saturated carbocycles. The molecule has 2 aromatic rings. The number of nitrogens with two attached hydrogens (primary N) is 1. The Morgan fingerprint density at radius 1 is 1.04 bits per heavy atom. The van der Waals surface area contributed by atoms with Gasteiger partial charge < -0.3 is 16.6 Å². The van der Waals surface area contributed by atoms with Crippen molar-refractivity contribution >= 4 is 5.69 Å². The standard InChI is InChI=1S/C19H24N2O.H3N/c1-15-18(13-16-5-3-2-4-6-16)17(7-8-19(15)20)14-21-9-11-22-12-10-21;/h2-8H,9-14,20H2,1H3;1H3. The number of hydrogen-bond donors (Lipinski definition) is 2. The van der Waals surface area contributed by atoms with Crippen LogP contribution in [-0.2, 0) is 17.7 Å². The van der Waals surface area contributed by atoms with Crippen molar-refractivity contribution in [2.45, 2.75) is 19.9 Å². The first-order valence-corrected chi connectivity index (χ1v) is 7.95. The number of anilines is 1. The molecular weight excluding hydrogens is 286 g/mol. The minimum atomic E-state index is 0. The van der Waals surface area contributed by atoms with Gasteiger partial charge in [-0.3, -0.25) is 4.90 Å². The summed E-state index contributed by atoms with van der Waals surface area (Å²) in [4.78, 5) is 2.46. The van der Waals surface area contributed by atoms with Gasteiger partial charge in [-0.25, -0.2) is 0 Å². The van der Waals surface area contributed by atoms with Crippen LogP contribution in [0.25, 0.3) is 0 Å². The summed E-state index contributed by atoms with van der Waals surface area (Å²) < 4.78 is 5.44. The smallest absolute Gasteiger partial charge is 0.0594 e. The van der Waals surface area contributed by atoms with Gasteiger partial charge in [0.25, 0.3) is 0 Å². The molecule has 5 N–H and O–H groups in total. The molecule has 0 radical (unpaired) electrons. The Morgan fingerprint density at radius 3 is 2.43 bits per heavy atom. The van der Waals surface area contributed by atoms with Gasteiger partial charge in [-0.15, -0.1) is 0 Å². The minimum Gasteiger partial charge on any atom is -0.399 e. The van der Waals surface area contributed by atoms with Crippen LogP contribution in [0.3, 0.4) is 0 Å². The van der Waals surface area contributed by atoms with Crippen molar-refractivity contribution in [2.24, 2.45) is 0 Å². The van der Waals surface area contributed by atoms with E-state index < -0.39 is 0 Å². The molecule has 1 aliphatic heterocycles. The van der Waals surface area contributed by atoms with Crippen molar-refractivity contribution in [1.82, 2.24) is 11.1 Å². The van der Waals surface area contributed by atoms with Crippen LogP contribution in [0.2, 0.25) is 0 Å². The zero-order chi connectivity index (χ0) is 15.4. The molecule has 0 unspecified atom stereocenters. The highest BCUT2D eigenvalue weighted by molar-refractivity contribution is 5.54. The Morgan fingerprint density at radius 2 is 1.74 bits per heavy atom. The Balaban J connectivity index is 0.00000192. The van der Waals surface area contributed by atoms with Crippen LogP contribution < -0.4 is 11.9 Å². The van der Waals surface area contributed by atoms with E-state index in [1.165, 1.54) is 22.3 Å². The predicted molar refractivity (Wildman–Crippen MR) is 96.0 cm³/mol. The highest BCUT2D eigenvalue weighted by Gasteiger charge is 2.15. The van der Waals surface area contributed by atoms with Gasteiger partial charge in [0.1, 0.15) is 0 Å². The first-order valence-electron chi connectivity index (χ1n) is 7.95. The molecule has 0 atom stereocenters. The highest BCUT2D eigenvalue weighted by atomic mass is 16.5. The minimum absolute atomic E-state index is 0. The van der Waals surface area contributed by atoms with Crippen LogP contribution in [0, 0.1) is 6.92 Å². The van der Waals surface area contributed by atoms with E-state index in [1.54, 1.807) is 0 Å². The lowest BCUT2D eigenvalue weighted by Crippen LogP contribution is -2.36. The van der Waals surface area contributed by atoms with Crippen molar-refractivity contribution in [3.05, 3.63) is 64.7 Å². The van der Waals surface area contributed by atoms with Gasteiger partial charge in [0.15, 0.2) is 0 Å². The van der Waals surface area contributed by atoms with E-state index in [9.17, 15) is 0 Å². The maximum absolute atomic E-state index is 6.14. The van der Waals surface area contributed by atoms with E-state index in [2.05, 4.69) is 48.2 Å². The van der Waals surface area contributed by atoms with E-state index in [-0.39, 0.29) is 6.15 Å². The number of ether oxygens (including phenoxy) is 1. The van der Waals surface area contributed by atoms with Crippen LogP contribution in [0.5, 0.6) is 0 Å². The number of hydrogen-bond acceptors (Lipinski definition) is 4. The van der Waals surface area contributed by atoms with E-state index in [1.807, 2.05) is 6.07 Å². The quantitative estimate of drug-likeness (QED) is 0.850. The second-order valence-corrected chi connectivity index (χ2v) is 5.97. The Kier molecular flexibility index (Phi) is 6.16. The van der Waals surface area contributed by atoms with Gasteiger partial charge in [0.2, 0.25) is 0 Å². The third kappa shape index (κ3) is 4.32. The van der Waals surface area contributed by atoms with Gasteiger partial charge in [0, 0.05) is 25.3 Å². The third-order valence-electron chi connectivity index (χ3n) is 4.46. The molecule has 1 aliphatic rings. The number of benzene rings is 2. The number of nitrogens with zero attached hydrogens (tertiary/aromatic N) is 1. The zero-order valence-corrected chi connectivity index (χ0v) is 13.9. The molecule has 0 bridgehead atoms. The lowest BCUT2D eigenvalue weighted by molar-refractivity contribution is 0.0341. The van der Waals surface area contributed by atoms with Crippen molar-refractivity contribution in [3.8, 4) is 0 Å². The largest absolute Gasteiger partial charge is 0.399 e. The summed E-state index contributed by atoms with van der Waals surface area (Å²) in [5, 5.41) is 0. The molecule has 2 aromatic carbocycles. The molecule has 4 heteroatoms. The van der Waals surface area contributed by atoms with Crippen molar-refractivity contribution in [1.29, 1.82) is 0 Å². The lowest BCUT2D eigenvalue weighted by Gasteiger charge is -2.28. The average Bonchev–Trinajstić information content (AvgIpc) is 2.56. The molecule has 0 aliphatic carbocycles. The molecule has 4 nitrogen and oxygen atoms in total. The second kappa shape index (κ2) is 8.11. The van der Waals surface area contributed by atoms with Gasteiger partial charge >= 0.3 is 0 Å². The number of nitrogen functional groups attached to an aromatic ring is 1. The fraction of sp³-hybridized carbons (Fsp3) is 0.368. The van der Waals surface area contributed by atoms with E-state index in [0.717, 1.165) is 45.0 Å². The maximum atomic E-state index is 6.14. The maximum Gasteiger partial charge on any atom is 0.0594 e. The molecule has 0 aromatic heterocycles. The molecule has 3 rings (SSSR count). The first kappa shape index (κ1) is 17.5. The average molecular weight is 313 g/mol. The monoisotopic (exact) mass is 313 g/mol. The Bertz CT molecular complexity index is 622. The predicted octanol–water partition coefficient (Wildman–Crippen LogP) is 3.16. The summed E-state index contributed by atoms with van der Waals surface area (Å²) in [5.41, 5.74) is 12.3. The summed E-state index contributed by atoms with van der Waals surface area (Å²) in [6, 6.07) is 14.8. The normalized spacial score (nSPS) is 15.2. The van der Waals surface area contributed by atoms with Crippen LogP contribution in [-0.4, -0.2) is 31.2 Å². The molecule has 23 heavy (non-hydrogen) atoms. The molecule has 0 amide bonds. The highest BCUT2D eigenvalue weighted by Crippen LogP contribution is 2.25. The van der Waals surface area contributed by atoms with Crippen LogP contribution in [0.15, 0.2) is 42.5 Å². The molecule has 124 valence electrons. The summed E-state index contributed by atoms with van der Waals surface area (Å²) in [6.45, 7) is 6.80. The number of rotatable bonds is 4. The van der Waals surface area contributed by atoms with Crippen LogP contribution in [0.4, 0.5) is 5.69 Å². The van der Waals surface area contributed by atoms with Gasteiger partial charge in [0.05, 0.1) is 13.2 Å². The Labute approximate surface area is 138 Å². The van der Waals surface area contributed by atoms with Gasteiger partial charge in [-0.05, 0) is 41.7 Å². The van der Waals surface area contributed by atoms with Crippen molar-refractivity contribution < 1.29 is 4.74 Å². The SMILES string of the molecule is Cc1c(N)ccc(CN2CCOCC2)c1Cc1ccccc1.N. The molecule has 1 heterocycles. The van der Waals surface area contributed by atoms with Gasteiger partial charge in [-0.1, -0.05) is 36.4 Å². The topological polar surface area (TPSA) is 73.5 Å². The van der Waals surface area contributed by atoms with Crippen molar-refractivity contribution in [3.63, 3.8) is 0 Å². The fourth-order valence-corrected chi connectivity index (χ4v) is 3.03. The summed E-state index contributed by atoms with van der Waals surface area (Å²) >= 11 is 0. The molecule has 0 spiro atoms. The number of morpholine rings is 1. The second-order valence-electron chi connectivity index (χ2n) is 5.97. The fourth-order valence-electron chi connectivity index (χ4n) is 3.03. The van der Waals surface area contributed by atoms with E-state index >= 15 is 0 Å². The third-order valence-corrected chi connectivity index (χ3v) is 4.46. The lowest BCUT2D eigenvalue weighted by atomic mass is 9.94. The summed E-state index contributed by atoms with van der Waals surface area (Å²) in [5.74, 6) is 0. The molecule has 1 saturated heterocycles. The summed E-state index contributed by atoms with van der Waals surface area (Å²) in [7, 11) is 0. The first-order chi connectivity index (χ1) is 10.7. The van der Waals surface area contributed by atoms with Crippen LogP contribution in [0.1, 0.15) is 22.3 Å². The van der Waals surface area contributed by atoms with E-state index in [0.29, 0.717) is 0 Å². The Hall–Kier alpha value is -1.88. The zero-order valence-electron chi connectivity index (χ0n) is 13.9. The molecule has 1 fully saturated rings. The molecular formula is C19H27N3O. The van der Waals surface area contributed by atoms with Crippen LogP contribution >= 0.6 is 0 Å². The van der Waals surface area contributed by atoms with E-state index in [4.69, 9.17) is 10.5 Å².